The molecule has 19 heavy (non-hydrogen) atoms. The average Bonchev–Trinajstić information content (AvgIpc) is 2.33. The summed E-state index contributed by atoms with van der Waals surface area (Å²) in [6.07, 6.45) is 0. The Hall–Kier alpha value is -1.78. The molecule has 1 aromatic heterocycles. The molecule has 0 saturated heterocycles. The molecule has 0 bridgehead atoms. The Balaban J connectivity index is 3.00. The van der Waals surface area contributed by atoms with Gasteiger partial charge in [0.25, 0.3) is 0 Å². The molecule has 0 fully saturated rings. The third-order valence-electron chi connectivity index (χ3n) is 3.17. The summed E-state index contributed by atoms with van der Waals surface area (Å²) in [4.78, 5) is 4.18. The minimum atomic E-state index is -1.47. The number of hydrogen-bond donors (Lipinski definition) is 1. The van der Waals surface area contributed by atoms with Gasteiger partial charge in [0.1, 0.15) is 0 Å². The Morgan fingerprint density at radius 3 is 2.32 bits per heavy atom. The topological polar surface area (TPSA) is 24.9 Å². The van der Waals surface area contributed by atoms with Gasteiger partial charge in [-0.05, 0) is 18.4 Å². The van der Waals surface area contributed by atoms with Crippen molar-refractivity contribution >= 4 is 16.6 Å². The lowest BCUT2D eigenvalue weighted by atomic mass is 9.96. The van der Waals surface area contributed by atoms with Gasteiger partial charge in [-0.1, -0.05) is 13.8 Å². The zero-order valence-corrected chi connectivity index (χ0v) is 11.2. The van der Waals surface area contributed by atoms with E-state index in [0.29, 0.717) is 11.4 Å². The molecule has 102 valence electrons. The molecular formula is C14H15F3N2. The van der Waals surface area contributed by atoms with Crippen LogP contribution in [0.3, 0.4) is 0 Å². The molecule has 0 saturated carbocycles. The molecule has 0 aliphatic heterocycles. The number of nitrogens with zero attached hydrogens (tertiary/aromatic N) is 1. The lowest BCUT2D eigenvalue weighted by molar-refractivity contribution is 0.453. The molecule has 0 amide bonds. The average molecular weight is 268 g/mol. The van der Waals surface area contributed by atoms with Gasteiger partial charge in [0.2, 0.25) is 0 Å². The second kappa shape index (κ2) is 4.72. The Morgan fingerprint density at radius 1 is 1.16 bits per heavy atom. The second-order valence-electron chi connectivity index (χ2n) is 4.77. The zero-order valence-electron chi connectivity index (χ0n) is 11.2. The highest BCUT2D eigenvalue weighted by Crippen LogP contribution is 2.35. The number of halogens is 3. The Labute approximate surface area is 109 Å². The fraction of sp³-hybridized carbons (Fsp3) is 0.357. The first kappa shape index (κ1) is 13.6. The normalized spacial score (nSPS) is 11.4. The first-order valence-electron chi connectivity index (χ1n) is 6.03. The van der Waals surface area contributed by atoms with E-state index in [0.717, 1.165) is 11.6 Å². The number of benzene rings is 1. The molecule has 2 rings (SSSR count). The third kappa shape index (κ3) is 2.03. The third-order valence-corrected chi connectivity index (χ3v) is 3.17. The number of pyridine rings is 1. The number of aryl methyl sites for hydroxylation is 1. The molecule has 0 unspecified atom stereocenters. The van der Waals surface area contributed by atoms with E-state index in [9.17, 15) is 13.2 Å². The van der Waals surface area contributed by atoms with E-state index in [-0.39, 0.29) is 16.8 Å². The molecule has 0 atom stereocenters. The van der Waals surface area contributed by atoms with Crippen LogP contribution in [0.2, 0.25) is 0 Å². The SMILES string of the molecule is CNc1c(C(C)C)c(C)nc2cc(F)c(F)c(F)c12. The Kier molecular flexibility index (Phi) is 3.39. The van der Waals surface area contributed by atoms with Gasteiger partial charge in [-0.15, -0.1) is 0 Å². The fourth-order valence-corrected chi connectivity index (χ4v) is 2.43. The molecule has 0 spiro atoms. The molecule has 2 nitrogen and oxygen atoms in total. The van der Waals surface area contributed by atoms with Crippen LogP contribution in [0.25, 0.3) is 10.9 Å². The van der Waals surface area contributed by atoms with Gasteiger partial charge in [-0.3, -0.25) is 4.98 Å². The molecule has 1 heterocycles. The van der Waals surface area contributed by atoms with Crippen molar-refractivity contribution in [2.45, 2.75) is 26.7 Å². The van der Waals surface area contributed by atoms with Gasteiger partial charge in [0.15, 0.2) is 17.5 Å². The number of rotatable bonds is 2. The lowest BCUT2D eigenvalue weighted by Crippen LogP contribution is -2.06. The monoisotopic (exact) mass is 268 g/mol. The number of nitrogens with one attached hydrogen (secondary N) is 1. The minimum Gasteiger partial charge on any atom is -0.387 e. The smallest absolute Gasteiger partial charge is 0.195 e. The van der Waals surface area contributed by atoms with Gasteiger partial charge in [-0.25, -0.2) is 13.2 Å². The van der Waals surface area contributed by atoms with E-state index >= 15 is 0 Å². The van der Waals surface area contributed by atoms with Crippen LogP contribution in [0.5, 0.6) is 0 Å². The maximum Gasteiger partial charge on any atom is 0.195 e. The van der Waals surface area contributed by atoms with Crippen molar-refractivity contribution < 1.29 is 13.2 Å². The summed E-state index contributed by atoms with van der Waals surface area (Å²) in [5.74, 6) is -3.80. The van der Waals surface area contributed by atoms with Crippen molar-refractivity contribution in [3.05, 3.63) is 34.8 Å². The second-order valence-corrected chi connectivity index (χ2v) is 4.77. The van der Waals surface area contributed by atoms with Crippen LogP contribution in [0.1, 0.15) is 31.0 Å². The number of anilines is 1. The molecule has 5 heteroatoms. The zero-order chi connectivity index (χ0) is 14.3. The summed E-state index contributed by atoms with van der Waals surface area (Å²) < 4.78 is 40.7. The van der Waals surface area contributed by atoms with E-state index in [1.807, 2.05) is 13.8 Å². The van der Waals surface area contributed by atoms with Crippen LogP contribution in [-0.2, 0) is 0 Å². The van der Waals surface area contributed by atoms with Crippen molar-refractivity contribution in [2.75, 3.05) is 12.4 Å². The highest BCUT2D eigenvalue weighted by Gasteiger charge is 2.21. The molecule has 1 N–H and O–H groups in total. The number of aromatic nitrogens is 1. The van der Waals surface area contributed by atoms with Crippen molar-refractivity contribution in [3.63, 3.8) is 0 Å². The highest BCUT2D eigenvalue weighted by atomic mass is 19.2. The van der Waals surface area contributed by atoms with E-state index in [1.54, 1.807) is 14.0 Å². The van der Waals surface area contributed by atoms with Crippen LogP contribution in [0.15, 0.2) is 6.07 Å². The van der Waals surface area contributed by atoms with Gasteiger partial charge < -0.3 is 5.32 Å². The molecule has 0 aliphatic rings. The minimum absolute atomic E-state index is 0.00398. The summed E-state index contributed by atoms with van der Waals surface area (Å²) >= 11 is 0. The van der Waals surface area contributed by atoms with Crippen molar-refractivity contribution in [3.8, 4) is 0 Å². The summed E-state index contributed by atoms with van der Waals surface area (Å²) in [6, 6.07) is 0.922. The molecule has 1 aromatic carbocycles. The number of fused-ring (bicyclic) bond motifs is 1. The van der Waals surface area contributed by atoms with Crippen LogP contribution in [0, 0.1) is 24.4 Å². The van der Waals surface area contributed by atoms with Crippen LogP contribution in [-0.4, -0.2) is 12.0 Å². The number of hydrogen-bond acceptors (Lipinski definition) is 2. The van der Waals surface area contributed by atoms with Gasteiger partial charge in [0.05, 0.1) is 16.6 Å². The molecular weight excluding hydrogens is 253 g/mol. The van der Waals surface area contributed by atoms with Gasteiger partial charge in [0, 0.05) is 18.8 Å². The van der Waals surface area contributed by atoms with Crippen LogP contribution in [0.4, 0.5) is 18.9 Å². The van der Waals surface area contributed by atoms with E-state index in [2.05, 4.69) is 10.3 Å². The summed E-state index contributed by atoms with van der Waals surface area (Å²) in [7, 11) is 1.63. The summed E-state index contributed by atoms with van der Waals surface area (Å²) in [5.41, 5.74) is 2.06. The predicted octanol–water partition coefficient (Wildman–Crippen LogP) is 4.13. The largest absolute Gasteiger partial charge is 0.387 e. The lowest BCUT2D eigenvalue weighted by Gasteiger charge is -2.18. The van der Waals surface area contributed by atoms with Crippen molar-refractivity contribution in [2.24, 2.45) is 0 Å². The highest BCUT2D eigenvalue weighted by molar-refractivity contribution is 5.94. The van der Waals surface area contributed by atoms with E-state index in [1.165, 1.54) is 0 Å². The van der Waals surface area contributed by atoms with Crippen molar-refractivity contribution in [1.82, 2.24) is 4.98 Å². The maximum atomic E-state index is 14.0. The molecule has 0 aliphatic carbocycles. The van der Waals surface area contributed by atoms with Gasteiger partial charge >= 0.3 is 0 Å². The molecule has 0 radical (unpaired) electrons. The predicted molar refractivity (Wildman–Crippen MR) is 70.0 cm³/mol. The summed E-state index contributed by atoms with van der Waals surface area (Å²) in [6.45, 7) is 5.65. The van der Waals surface area contributed by atoms with Gasteiger partial charge in [-0.2, -0.15) is 0 Å². The quantitative estimate of drug-likeness (QED) is 0.828. The summed E-state index contributed by atoms with van der Waals surface area (Å²) in [5, 5.41) is 2.88. The van der Waals surface area contributed by atoms with Crippen molar-refractivity contribution in [1.29, 1.82) is 0 Å². The Morgan fingerprint density at radius 2 is 1.79 bits per heavy atom. The first-order chi connectivity index (χ1) is 8.88. The van der Waals surface area contributed by atoms with E-state index < -0.39 is 17.5 Å². The van der Waals surface area contributed by atoms with Crippen LogP contribution < -0.4 is 5.32 Å². The van der Waals surface area contributed by atoms with E-state index in [4.69, 9.17) is 0 Å². The maximum absolute atomic E-state index is 14.0. The standard InChI is InChI=1S/C14H15F3N2/c1-6(2)10-7(3)19-9-5-8(15)12(16)13(17)11(9)14(10)18-4/h5-6H,1-4H3,(H,18,19). The fourth-order valence-electron chi connectivity index (χ4n) is 2.43. The molecule has 2 aromatic rings. The Bertz CT molecular complexity index is 651. The first-order valence-corrected chi connectivity index (χ1v) is 6.03. The van der Waals surface area contributed by atoms with Crippen LogP contribution >= 0.6 is 0 Å².